The second-order valence-corrected chi connectivity index (χ2v) is 7.95. The van der Waals surface area contributed by atoms with Crippen LogP contribution in [-0.2, 0) is 18.3 Å². The van der Waals surface area contributed by atoms with Gasteiger partial charge in [-0.25, -0.2) is 4.98 Å². The van der Waals surface area contributed by atoms with E-state index in [0.29, 0.717) is 6.42 Å². The lowest BCUT2D eigenvalue weighted by molar-refractivity contribution is -0.127. The summed E-state index contributed by atoms with van der Waals surface area (Å²) in [5, 5.41) is 11.4. The minimum atomic E-state index is 0.0581. The third kappa shape index (κ3) is 3.62. The quantitative estimate of drug-likeness (QED) is 0.802. The Labute approximate surface area is 153 Å². The fourth-order valence-corrected chi connectivity index (χ4v) is 4.39. The van der Waals surface area contributed by atoms with Gasteiger partial charge in [0.2, 0.25) is 5.91 Å². The molecule has 1 aliphatic heterocycles. The molecular weight excluding hydrogens is 334 g/mol. The summed E-state index contributed by atoms with van der Waals surface area (Å²) in [6.45, 7) is 7.03. The monoisotopic (exact) mass is 361 g/mol. The van der Waals surface area contributed by atoms with Gasteiger partial charge in [-0.2, -0.15) is 5.10 Å². The Morgan fingerprint density at radius 3 is 2.68 bits per heavy atom. The van der Waals surface area contributed by atoms with Crippen molar-refractivity contribution in [3.63, 3.8) is 0 Å². The highest BCUT2D eigenvalue weighted by atomic mass is 32.1. The third-order valence-electron chi connectivity index (χ3n) is 5.13. The molecule has 3 rings (SSSR count). The predicted octanol–water partition coefficient (Wildman–Crippen LogP) is 2.30. The third-order valence-corrected chi connectivity index (χ3v) is 5.95. The normalized spacial score (nSPS) is 20.7. The van der Waals surface area contributed by atoms with Gasteiger partial charge in [-0.1, -0.05) is 0 Å². The molecule has 7 heteroatoms. The first-order chi connectivity index (χ1) is 11.9. The fraction of sp³-hybridized carbons (Fsp3) is 0.611. The largest absolute Gasteiger partial charge is 0.337 e. The van der Waals surface area contributed by atoms with E-state index in [9.17, 15) is 4.79 Å². The molecule has 1 amide bonds. The summed E-state index contributed by atoms with van der Waals surface area (Å²) < 4.78 is 1.91. The number of nitrogens with one attached hydrogen (secondary N) is 1. The van der Waals surface area contributed by atoms with E-state index in [1.165, 1.54) is 11.3 Å². The summed E-state index contributed by atoms with van der Waals surface area (Å²) in [4.78, 5) is 18.7. The van der Waals surface area contributed by atoms with Crippen LogP contribution < -0.4 is 5.32 Å². The van der Waals surface area contributed by atoms with Gasteiger partial charge in [0.05, 0.1) is 22.4 Å². The number of rotatable bonds is 6. The zero-order chi connectivity index (χ0) is 18.1. The topological polar surface area (TPSA) is 63.1 Å². The van der Waals surface area contributed by atoms with Gasteiger partial charge in [0.1, 0.15) is 0 Å². The van der Waals surface area contributed by atoms with E-state index < -0.39 is 0 Å². The molecular formula is C18H27N5OS. The standard InChI is InChI=1S/C18H27N5OS/c1-11-17(12(2)23(5)21-11)18-15(9-16(24)22(18)4)19-8-6-7-14-10-25-13(3)20-14/h10,15,18-19H,6-9H2,1-5H3/t15-,18-/m1/s1. The molecule has 1 fully saturated rings. The molecule has 0 unspecified atom stereocenters. The molecule has 1 aliphatic rings. The van der Waals surface area contributed by atoms with Crippen molar-refractivity contribution >= 4 is 17.2 Å². The van der Waals surface area contributed by atoms with Crippen molar-refractivity contribution in [2.45, 2.75) is 52.1 Å². The second-order valence-electron chi connectivity index (χ2n) is 6.88. The Bertz CT molecular complexity index is 766. The number of likely N-dealkylation sites (N-methyl/N-ethyl adjacent to an activating group) is 1. The van der Waals surface area contributed by atoms with Gasteiger partial charge in [-0.15, -0.1) is 11.3 Å². The van der Waals surface area contributed by atoms with Crippen LogP contribution in [0.4, 0.5) is 0 Å². The molecule has 0 radical (unpaired) electrons. The van der Waals surface area contributed by atoms with E-state index in [0.717, 1.165) is 35.8 Å². The molecule has 136 valence electrons. The van der Waals surface area contributed by atoms with E-state index in [1.54, 1.807) is 11.3 Å². The number of nitrogens with zero attached hydrogens (tertiary/aromatic N) is 4. The van der Waals surface area contributed by atoms with E-state index in [4.69, 9.17) is 0 Å². The fourth-order valence-electron chi connectivity index (χ4n) is 3.75. The highest BCUT2D eigenvalue weighted by Crippen LogP contribution is 2.35. The predicted molar refractivity (Wildman–Crippen MR) is 99.8 cm³/mol. The Balaban J connectivity index is 1.65. The molecule has 0 bridgehead atoms. The van der Waals surface area contributed by atoms with Gasteiger partial charge < -0.3 is 10.2 Å². The molecule has 1 N–H and O–H groups in total. The molecule has 3 heterocycles. The van der Waals surface area contributed by atoms with Crippen LogP contribution in [-0.4, -0.2) is 45.2 Å². The van der Waals surface area contributed by atoms with Gasteiger partial charge in [-0.3, -0.25) is 9.48 Å². The van der Waals surface area contributed by atoms with Gasteiger partial charge in [0.25, 0.3) is 0 Å². The number of aryl methyl sites for hydroxylation is 4. The minimum absolute atomic E-state index is 0.0581. The molecule has 0 aliphatic carbocycles. The smallest absolute Gasteiger partial charge is 0.224 e. The van der Waals surface area contributed by atoms with Gasteiger partial charge in [-0.05, 0) is 40.2 Å². The number of carbonyl (C=O) groups is 1. The summed E-state index contributed by atoms with van der Waals surface area (Å²) in [6, 6.07) is 0.194. The number of thiazole rings is 1. The maximum absolute atomic E-state index is 12.3. The highest BCUT2D eigenvalue weighted by Gasteiger charge is 2.40. The molecule has 2 aromatic heterocycles. The summed E-state index contributed by atoms with van der Waals surface area (Å²) in [7, 11) is 3.86. The number of aromatic nitrogens is 3. The molecule has 1 saturated heterocycles. The number of carbonyl (C=O) groups excluding carboxylic acids is 1. The van der Waals surface area contributed by atoms with Crippen molar-refractivity contribution in [3.8, 4) is 0 Å². The van der Waals surface area contributed by atoms with E-state index in [2.05, 4.69) is 27.7 Å². The summed E-state index contributed by atoms with van der Waals surface area (Å²) in [5.41, 5.74) is 4.49. The van der Waals surface area contributed by atoms with Gasteiger partial charge in [0, 0.05) is 43.2 Å². The lowest BCUT2D eigenvalue weighted by Crippen LogP contribution is -2.36. The first kappa shape index (κ1) is 18.1. The Morgan fingerprint density at radius 1 is 1.32 bits per heavy atom. The first-order valence-corrected chi connectivity index (χ1v) is 9.66. The Morgan fingerprint density at radius 2 is 2.08 bits per heavy atom. The summed E-state index contributed by atoms with van der Waals surface area (Å²) >= 11 is 1.70. The zero-order valence-corrected chi connectivity index (χ0v) is 16.5. The van der Waals surface area contributed by atoms with Crippen LogP contribution in [0.15, 0.2) is 5.38 Å². The summed E-state index contributed by atoms with van der Waals surface area (Å²) in [5.74, 6) is 0.195. The van der Waals surface area contributed by atoms with Crippen molar-refractivity contribution in [1.29, 1.82) is 0 Å². The van der Waals surface area contributed by atoms with Crippen molar-refractivity contribution in [2.24, 2.45) is 7.05 Å². The average Bonchev–Trinajstić information content (AvgIpc) is 3.16. The van der Waals surface area contributed by atoms with Crippen molar-refractivity contribution in [3.05, 3.63) is 33.0 Å². The molecule has 0 saturated carbocycles. The van der Waals surface area contributed by atoms with Gasteiger partial charge in [0.15, 0.2) is 0 Å². The van der Waals surface area contributed by atoms with Crippen LogP contribution in [0.5, 0.6) is 0 Å². The molecule has 2 aromatic rings. The van der Waals surface area contributed by atoms with Gasteiger partial charge >= 0.3 is 0 Å². The van der Waals surface area contributed by atoms with E-state index >= 15 is 0 Å². The maximum atomic E-state index is 12.3. The van der Waals surface area contributed by atoms with E-state index in [-0.39, 0.29) is 18.0 Å². The molecule has 2 atom stereocenters. The van der Waals surface area contributed by atoms with Crippen LogP contribution in [0.25, 0.3) is 0 Å². The van der Waals surface area contributed by atoms with Crippen molar-refractivity contribution < 1.29 is 4.79 Å². The Hall–Kier alpha value is -1.73. The minimum Gasteiger partial charge on any atom is -0.337 e. The number of hydrogen-bond donors (Lipinski definition) is 1. The maximum Gasteiger partial charge on any atom is 0.224 e. The van der Waals surface area contributed by atoms with Crippen molar-refractivity contribution in [2.75, 3.05) is 13.6 Å². The number of amides is 1. The first-order valence-electron chi connectivity index (χ1n) is 8.78. The number of likely N-dealkylation sites (tertiary alicyclic amines) is 1. The average molecular weight is 362 g/mol. The van der Waals surface area contributed by atoms with Crippen LogP contribution in [0, 0.1) is 20.8 Å². The van der Waals surface area contributed by atoms with Crippen LogP contribution in [0.1, 0.15) is 46.5 Å². The van der Waals surface area contributed by atoms with Crippen LogP contribution in [0.2, 0.25) is 0 Å². The second kappa shape index (κ2) is 7.25. The molecule has 0 spiro atoms. The summed E-state index contributed by atoms with van der Waals surface area (Å²) in [6.07, 6.45) is 2.55. The van der Waals surface area contributed by atoms with Crippen LogP contribution in [0.3, 0.4) is 0 Å². The zero-order valence-electron chi connectivity index (χ0n) is 15.7. The lowest BCUT2D eigenvalue weighted by atomic mass is 9.98. The molecule has 6 nitrogen and oxygen atoms in total. The van der Waals surface area contributed by atoms with E-state index in [1.807, 2.05) is 37.5 Å². The Kier molecular flexibility index (Phi) is 5.24. The number of hydrogen-bond acceptors (Lipinski definition) is 5. The SMILES string of the molecule is Cc1nc(CCCN[C@@H]2CC(=O)N(C)[C@H]2c2c(C)nn(C)c2C)cs1. The highest BCUT2D eigenvalue weighted by molar-refractivity contribution is 7.09. The molecule has 0 aromatic carbocycles. The lowest BCUT2D eigenvalue weighted by Gasteiger charge is -2.26. The van der Waals surface area contributed by atoms with Crippen LogP contribution >= 0.6 is 11.3 Å². The molecule has 25 heavy (non-hydrogen) atoms. The van der Waals surface area contributed by atoms with Crippen molar-refractivity contribution in [1.82, 2.24) is 25.0 Å².